The van der Waals surface area contributed by atoms with Gasteiger partial charge in [-0.05, 0) is 45.7 Å². The first-order valence-corrected chi connectivity index (χ1v) is 7.23. The van der Waals surface area contributed by atoms with E-state index in [1.807, 2.05) is 26.8 Å². The largest absolute Gasteiger partial charge is 0.444 e. The van der Waals surface area contributed by atoms with Crippen LogP contribution in [0, 0.1) is 0 Å². The molecule has 0 spiro atoms. The summed E-state index contributed by atoms with van der Waals surface area (Å²) in [6, 6.07) is 3.95. The maximum absolute atomic E-state index is 11.6. The Labute approximate surface area is 125 Å². The van der Waals surface area contributed by atoms with Crippen LogP contribution < -0.4 is 10.6 Å². The van der Waals surface area contributed by atoms with Crippen molar-refractivity contribution < 1.29 is 14.3 Å². The molecular formula is C15H23N3O3. The van der Waals surface area contributed by atoms with E-state index in [0.29, 0.717) is 11.9 Å². The molecule has 1 amide bonds. The summed E-state index contributed by atoms with van der Waals surface area (Å²) in [5.74, 6) is 0.467. The van der Waals surface area contributed by atoms with Crippen LogP contribution >= 0.6 is 0 Å². The molecule has 6 heteroatoms. The lowest BCUT2D eigenvalue weighted by atomic mass is 10.1. The second kappa shape index (κ2) is 6.76. The SMILES string of the molecule is CC(C)(C)OC(=O)Nc1ccc(NC2CCCOC2)cn1. The summed E-state index contributed by atoms with van der Waals surface area (Å²) in [7, 11) is 0. The molecule has 0 radical (unpaired) electrons. The highest BCUT2D eigenvalue weighted by Gasteiger charge is 2.17. The fourth-order valence-electron chi connectivity index (χ4n) is 2.05. The standard InChI is InChI=1S/C15H23N3O3/c1-15(2,3)21-14(19)18-13-7-6-11(9-16-13)17-12-5-4-8-20-10-12/h6-7,9,12,17H,4-5,8,10H2,1-3H3,(H,16,18,19). The Morgan fingerprint density at radius 2 is 2.24 bits per heavy atom. The van der Waals surface area contributed by atoms with Gasteiger partial charge >= 0.3 is 6.09 Å². The maximum atomic E-state index is 11.6. The molecule has 6 nitrogen and oxygen atoms in total. The van der Waals surface area contributed by atoms with Crippen molar-refractivity contribution >= 4 is 17.6 Å². The molecule has 1 aromatic rings. The number of pyridine rings is 1. The van der Waals surface area contributed by atoms with Crippen molar-refractivity contribution in [3.05, 3.63) is 18.3 Å². The monoisotopic (exact) mass is 293 g/mol. The second-order valence-corrected chi connectivity index (χ2v) is 6.12. The summed E-state index contributed by atoms with van der Waals surface area (Å²) < 4.78 is 10.6. The molecule has 0 aromatic carbocycles. The van der Waals surface area contributed by atoms with Crippen LogP contribution in [0.4, 0.5) is 16.3 Å². The van der Waals surface area contributed by atoms with Gasteiger partial charge in [0.1, 0.15) is 11.4 Å². The molecule has 0 saturated carbocycles. The lowest BCUT2D eigenvalue weighted by molar-refractivity contribution is 0.0635. The highest BCUT2D eigenvalue weighted by atomic mass is 16.6. The first-order valence-electron chi connectivity index (χ1n) is 7.23. The third-order valence-electron chi connectivity index (χ3n) is 2.92. The fourth-order valence-corrected chi connectivity index (χ4v) is 2.05. The average molecular weight is 293 g/mol. The van der Waals surface area contributed by atoms with E-state index in [4.69, 9.17) is 9.47 Å². The third kappa shape index (κ3) is 5.59. The van der Waals surface area contributed by atoms with Gasteiger partial charge < -0.3 is 14.8 Å². The Morgan fingerprint density at radius 1 is 1.43 bits per heavy atom. The first-order chi connectivity index (χ1) is 9.92. The van der Waals surface area contributed by atoms with E-state index in [1.54, 1.807) is 12.3 Å². The zero-order valence-corrected chi connectivity index (χ0v) is 12.8. The minimum atomic E-state index is -0.521. The summed E-state index contributed by atoms with van der Waals surface area (Å²) in [5.41, 5.74) is 0.396. The van der Waals surface area contributed by atoms with E-state index in [-0.39, 0.29) is 0 Å². The van der Waals surface area contributed by atoms with Crippen molar-refractivity contribution in [3.63, 3.8) is 0 Å². The molecule has 0 aliphatic carbocycles. The van der Waals surface area contributed by atoms with Crippen LogP contribution in [0.5, 0.6) is 0 Å². The van der Waals surface area contributed by atoms with Crippen molar-refractivity contribution in [2.24, 2.45) is 0 Å². The van der Waals surface area contributed by atoms with Gasteiger partial charge in [0.2, 0.25) is 0 Å². The van der Waals surface area contributed by atoms with Gasteiger partial charge in [0.05, 0.1) is 18.5 Å². The van der Waals surface area contributed by atoms with Gasteiger partial charge in [-0.2, -0.15) is 0 Å². The van der Waals surface area contributed by atoms with Crippen LogP contribution in [0.3, 0.4) is 0 Å². The Kier molecular flexibility index (Phi) is 5.01. The fraction of sp³-hybridized carbons (Fsp3) is 0.600. The molecule has 0 bridgehead atoms. The van der Waals surface area contributed by atoms with Gasteiger partial charge in [0.25, 0.3) is 0 Å². The predicted octanol–water partition coefficient (Wildman–Crippen LogP) is 3.02. The highest BCUT2D eigenvalue weighted by molar-refractivity contribution is 5.83. The molecule has 1 unspecified atom stereocenters. The Hall–Kier alpha value is -1.82. The number of nitrogens with zero attached hydrogens (tertiary/aromatic N) is 1. The topological polar surface area (TPSA) is 72.5 Å². The quantitative estimate of drug-likeness (QED) is 0.896. The molecule has 1 fully saturated rings. The van der Waals surface area contributed by atoms with Crippen molar-refractivity contribution in [2.75, 3.05) is 23.8 Å². The maximum Gasteiger partial charge on any atom is 0.413 e. The minimum absolute atomic E-state index is 0.324. The van der Waals surface area contributed by atoms with Crippen molar-refractivity contribution in [1.29, 1.82) is 0 Å². The molecule has 1 aliphatic heterocycles. The number of nitrogens with one attached hydrogen (secondary N) is 2. The van der Waals surface area contributed by atoms with Gasteiger partial charge in [-0.3, -0.25) is 5.32 Å². The molecular weight excluding hydrogens is 270 g/mol. The van der Waals surface area contributed by atoms with Gasteiger partial charge in [0.15, 0.2) is 0 Å². The number of hydrogen-bond acceptors (Lipinski definition) is 5. The van der Waals surface area contributed by atoms with E-state index in [0.717, 1.165) is 31.7 Å². The average Bonchev–Trinajstić information content (AvgIpc) is 2.40. The molecule has 116 valence electrons. The number of rotatable bonds is 3. The third-order valence-corrected chi connectivity index (χ3v) is 2.92. The van der Waals surface area contributed by atoms with E-state index < -0.39 is 11.7 Å². The summed E-state index contributed by atoms with van der Waals surface area (Å²) in [5, 5.41) is 5.97. The van der Waals surface area contributed by atoms with Gasteiger partial charge in [0, 0.05) is 12.6 Å². The number of aromatic nitrogens is 1. The second-order valence-electron chi connectivity index (χ2n) is 6.12. The number of carbonyl (C=O) groups is 1. The van der Waals surface area contributed by atoms with Crippen molar-refractivity contribution in [2.45, 2.75) is 45.3 Å². The molecule has 2 heterocycles. The number of hydrogen-bond donors (Lipinski definition) is 2. The zero-order chi connectivity index (χ0) is 15.3. The van der Waals surface area contributed by atoms with E-state index >= 15 is 0 Å². The van der Waals surface area contributed by atoms with E-state index in [2.05, 4.69) is 15.6 Å². The van der Waals surface area contributed by atoms with Gasteiger partial charge in [-0.1, -0.05) is 0 Å². The molecule has 21 heavy (non-hydrogen) atoms. The number of ether oxygens (including phenoxy) is 2. The lowest BCUT2D eigenvalue weighted by Crippen LogP contribution is -2.30. The van der Waals surface area contributed by atoms with Gasteiger partial charge in [-0.15, -0.1) is 0 Å². The zero-order valence-electron chi connectivity index (χ0n) is 12.8. The molecule has 1 aliphatic rings. The Balaban J connectivity index is 1.85. The van der Waals surface area contributed by atoms with Crippen LogP contribution in [0.2, 0.25) is 0 Å². The number of carbonyl (C=O) groups excluding carboxylic acids is 1. The number of anilines is 2. The van der Waals surface area contributed by atoms with Crippen LogP contribution in [-0.4, -0.2) is 35.9 Å². The van der Waals surface area contributed by atoms with Crippen LogP contribution in [-0.2, 0) is 9.47 Å². The van der Waals surface area contributed by atoms with E-state index in [9.17, 15) is 4.79 Å². The van der Waals surface area contributed by atoms with Crippen LogP contribution in [0.1, 0.15) is 33.6 Å². The molecule has 2 rings (SSSR count). The van der Waals surface area contributed by atoms with Crippen molar-refractivity contribution in [1.82, 2.24) is 4.98 Å². The molecule has 1 atom stereocenters. The van der Waals surface area contributed by atoms with Gasteiger partial charge in [-0.25, -0.2) is 9.78 Å². The Bertz CT molecular complexity index is 462. The highest BCUT2D eigenvalue weighted by Crippen LogP contribution is 2.16. The molecule has 1 aromatic heterocycles. The van der Waals surface area contributed by atoms with Crippen molar-refractivity contribution in [3.8, 4) is 0 Å². The molecule has 2 N–H and O–H groups in total. The van der Waals surface area contributed by atoms with E-state index in [1.165, 1.54) is 0 Å². The number of amides is 1. The summed E-state index contributed by atoms with van der Waals surface area (Å²) in [4.78, 5) is 15.8. The summed E-state index contributed by atoms with van der Waals surface area (Å²) >= 11 is 0. The van der Waals surface area contributed by atoms with Crippen LogP contribution in [0.15, 0.2) is 18.3 Å². The summed E-state index contributed by atoms with van der Waals surface area (Å²) in [6.45, 7) is 7.02. The molecule has 1 saturated heterocycles. The smallest absolute Gasteiger partial charge is 0.413 e. The Morgan fingerprint density at radius 3 is 2.81 bits per heavy atom. The lowest BCUT2D eigenvalue weighted by Gasteiger charge is -2.24. The summed E-state index contributed by atoms with van der Waals surface area (Å²) in [6.07, 6.45) is 3.36. The predicted molar refractivity (Wildman–Crippen MR) is 81.6 cm³/mol. The normalized spacial score (nSPS) is 18.9. The van der Waals surface area contributed by atoms with Crippen LogP contribution in [0.25, 0.3) is 0 Å². The first kappa shape index (κ1) is 15.6. The minimum Gasteiger partial charge on any atom is -0.444 e.